The van der Waals surface area contributed by atoms with Crippen LogP contribution in [0, 0.1) is 0 Å². The largest absolute Gasteiger partial charge is 0.508 e. The van der Waals surface area contributed by atoms with E-state index in [4.69, 9.17) is 14.2 Å². The van der Waals surface area contributed by atoms with Gasteiger partial charge in [0.15, 0.2) is 0 Å². The lowest BCUT2D eigenvalue weighted by Crippen LogP contribution is -2.33. The maximum absolute atomic E-state index is 11.0. The van der Waals surface area contributed by atoms with Gasteiger partial charge in [-0.25, -0.2) is 4.79 Å². The molecule has 1 aliphatic heterocycles. The molecule has 0 aromatic rings. The highest BCUT2D eigenvalue weighted by Gasteiger charge is 2.34. The lowest BCUT2D eigenvalue weighted by atomic mass is 9.97. The number of ether oxygens (including phenoxy) is 4. The van der Waals surface area contributed by atoms with Gasteiger partial charge >= 0.3 is 6.16 Å². The fourth-order valence-electron chi connectivity index (χ4n) is 2.00. The zero-order chi connectivity index (χ0) is 12.3. The number of rotatable bonds is 1. The molecule has 0 bridgehead atoms. The second-order valence-corrected chi connectivity index (χ2v) is 4.06. The Labute approximate surface area is 99.1 Å². The highest BCUT2D eigenvalue weighted by molar-refractivity contribution is 5.60. The number of carbonyl (C=O) groups is 1. The summed E-state index contributed by atoms with van der Waals surface area (Å²) in [5, 5.41) is 9.68. The molecule has 4 unspecified atom stereocenters. The van der Waals surface area contributed by atoms with Gasteiger partial charge in [-0.05, 0) is 6.08 Å². The molecule has 2 rings (SSSR count). The maximum atomic E-state index is 11.0. The number of carbonyl (C=O) groups excluding carboxylic acids is 1. The van der Waals surface area contributed by atoms with Crippen LogP contribution in [0.2, 0.25) is 0 Å². The van der Waals surface area contributed by atoms with Crippen molar-refractivity contribution in [3.8, 4) is 0 Å². The molecule has 96 valence electrons. The Morgan fingerprint density at radius 1 is 1.29 bits per heavy atom. The van der Waals surface area contributed by atoms with E-state index < -0.39 is 18.4 Å². The molecule has 1 saturated heterocycles. The molecule has 0 spiro atoms. The minimum Gasteiger partial charge on any atom is -0.438 e. The van der Waals surface area contributed by atoms with Crippen LogP contribution in [0.1, 0.15) is 12.8 Å². The number of fused-ring (bicyclic) bond motifs is 1. The molecular formula is C11H16O6. The van der Waals surface area contributed by atoms with Crippen LogP contribution in [0.5, 0.6) is 0 Å². The third kappa shape index (κ3) is 3.18. The van der Waals surface area contributed by atoms with Gasteiger partial charge < -0.3 is 24.1 Å². The monoisotopic (exact) mass is 244 g/mol. The minimum atomic E-state index is -0.745. The molecule has 6 nitrogen and oxygen atoms in total. The van der Waals surface area contributed by atoms with Crippen LogP contribution in [-0.4, -0.2) is 49.6 Å². The summed E-state index contributed by atoms with van der Waals surface area (Å²) in [4.78, 5) is 11.0. The summed E-state index contributed by atoms with van der Waals surface area (Å²) in [6, 6.07) is 0. The summed E-state index contributed by atoms with van der Waals surface area (Å²) in [5.74, 6) is 0. The summed E-state index contributed by atoms with van der Waals surface area (Å²) >= 11 is 0. The molecule has 17 heavy (non-hydrogen) atoms. The molecule has 0 aromatic heterocycles. The van der Waals surface area contributed by atoms with Gasteiger partial charge in [-0.2, -0.15) is 0 Å². The molecule has 0 saturated carbocycles. The van der Waals surface area contributed by atoms with Crippen LogP contribution in [0.3, 0.4) is 0 Å². The average molecular weight is 244 g/mol. The highest BCUT2D eigenvalue weighted by Crippen LogP contribution is 2.25. The second kappa shape index (κ2) is 5.48. The van der Waals surface area contributed by atoms with Crippen molar-refractivity contribution in [3.05, 3.63) is 12.2 Å². The Bertz CT molecular complexity index is 302. The predicted molar refractivity (Wildman–Crippen MR) is 56.3 cm³/mol. The van der Waals surface area contributed by atoms with Crippen LogP contribution >= 0.6 is 0 Å². The third-order valence-electron chi connectivity index (χ3n) is 2.88. The molecule has 1 fully saturated rings. The lowest BCUT2D eigenvalue weighted by molar-refractivity contribution is 0.0143. The summed E-state index contributed by atoms with van der Waals surface area (Å²) in [7, 11) is 1.25. The molecule has 6 heteroatoms. The second-order valence-electron chi connectivity index (χ2n) is 4.06. The molecule has 1 heterocycles. The van der Waals surface area contributed by atoms with Crippen LogP contribution in [-0.2, 0) is 18.9 Å². The van der Waals surface area contributed by atoms with Crippen LogP contribution in [0.25, 0.3) is 0 Å². The SMILES string of the molecule is COC(=O)OC1/C=C/C(O)CC2OCOC2C1. The first-order chi connectivity index (χ1) is 8.19. The molecule has 1 N–H and O–H groups in total. The summed E-state index contributed by atoms with van der Waals surface area (Å²) in [6.07, 6.45) is 2.10. The Balaban J connectivity index is 2.02. The first-order valence-corrected chi connectivity index (χ1v) is 5.53. The van der Waals surface area contributed by atoms with E-state index >= 15 is 0 Å². The molecule has 0 radical (unpaired) electrons. The van der Waals surface area contributed by atoms with Gasteiger partial charge in [0.25, 0.3) is 0 Å². The highest BCUT2D eigenvalue weighted by atomic mass is 16.7. The van der Waals surface area contributed by atoms with E-state index in [9.17, 15) is 9.90 Å². The zero-order valence-electron chi connectivity index (χ0n) is 9.57. The average Bonchev–Trinajstić information content (AvgIpc) is 2.70. The van der Waals surface area contributed by atoms with Gasteiger partial charge in [0.2, 0.25) is 0 Å². The predicted octanol–water partition coefficient (Wildman–Crippen LogP) is 0.590. The molecule has 4 atom stereocenters. The summed E-state index contributed by atoms with van der Waals surface area (Å²) in [5.41, 5.74) is 0. The fraction of sp³-hybridized carbons (Fsp3) is 0.727. The first kappa shape index (κ1) is 12.3. The molecule has 0 amide bonds. The van der Waals surface area contributed by atoms with Crippen molar-refractivity contribution in [1.29, 1.82) is 0 Å². The third-order valence-corrected chi connectivity index (χ3v) is 2.88. The smallest absolute Gasteiger partial charge is 0.438 e. The number of hydrogen-bond donors (Lipinski definition) is 1. The van der Waals surface area contributed by atoms with Crippen LogP contribution in [0.4, 0.5) is 4.79 Å². The Hall–Kier alpha value is -1.11. The Morgan fingerprint density at radius 2 is 2.00 bits per heavy atom. The van der Waals surface area contributed by atoms with E-state index in [1.807, 2.05) is 0 Å². The van der Waals surface area contributed by atoms with Gasteiger partial charge in [-0.1, -0.05) is 6.08 Å². The van der Waals surface area contributed by atoms with Crippen molar-refractivity contribution in [2.24, 2.45) is 0 Å². The quantitative estimate of drug-likeness (QED) is 0.537. The van der Waals surface area contributed by atoms with Crippen molar-refractivity contribution in [1.82, 2.24) is 0 Å². The standard InChI is InChI=1S/C11H16O6/c1-14-11(13)17-8-3-2-7(12)4-9-10(5-8)16-6-15-9/h2-3,7-10,12H,4-6H2,1H3/b3-2+. The van der Waals surface area contributed by atoms with E-state index in [1.165, 1.54) is 7.11 Å². The van der Waals surface area contributed by atoms with Crippen molar-refractivity contribution in [3.63, 3.8) is 0 Å². The van der Waals surface area contributed by atoms with Crippen molar-refractivity contribution < 1.29 is 28.8 Å². The minimum absolute atomic E-state index is 0.154. The number of aliphatic hydroxyl groups is 1. The van der Waals surface area contributed by atoms with Crippen molar-refractivity contribution in [2.75, 3.05) is 13.9 Å². The molecule has 1 aliphatic carbocycles. The van der Waals surface area contributed by atoms with Gasteiger partial charge in [0.1, 0.15) is 12.9 Å². The van der Waals surface area contributed by atoms with E-state index in [1.54, 1.807) is 12.2 Å². The first-order valence-electron chi connectivity index (χ1n) is 5.53. The summed E-state index contributed by atoms with van der Waals surface area (Å²) in [6.45, 7) is 0.215. The molecule has 0 aromatic carbocycles. The van der Waals surface area contributed by atoms with Gasteiger partial charge in [0, 0.05) is 12.8 Å². The van der Waals surface area contributed by atoms with E-state index in [2.05, 4.69) is 4.74 Å². The van der Waals surface area contributed by atoms with E-state index in [-0.39, 0.29) is 19.0 Å². The number of hydrogen-bond acceptors (Lipinski definition) is 6. The molecular weight excluding hydrogens is 228 g/mol. The number of methoxy groups -OCH3 is 1. The van der Waals surface area contributed by atoms with E-state index in [0.717, 1.165) is 0 Å². The van der Waals surface area contributed by atoms with Crippen molar-refractivity contribution in [2.45, 2.75) is 37.3 Å². The van der Waals surface area contributed by atoms with Gasteiger partial charge in [0.05, 0.1) is 25.4 Å². The van der Waals surface area contributed by atoms with Crippen molar-refractivity contribution >= 4 is 6.16 Å². The van der Waals surface area contributed by atoms with E-state index in [0.29, 0.717) is 12.8 Å². The van der Waals surface area contributed by atoms with Gasteiger partial charge in [-0.15, -0.1) is 0 Å². The summed E-state index contributed by atoms with van der Waals surface area (Å²) < 4.78 is 20.2. The van der Waals surface area contributed by atoms with Crippen LogP contribution in [0.15, 0.2) is 12.2 Å². The van der Waals surface area contributed by atoms with Gasteiger partial charge in [-0.3, -0.25) is 0 Å². The maximum Gasteiger partial charge on any atom is 0.508 e. The Kier molecular flexibility index (Phi) is 3.98. The zero-order valence-corrected chi connectivity index (χ0v) is 9.57. The van der Waals surface area contributed by atoms with Crippen LogP contribution < -0.4 is 0 Å². The normalized spacial score (nSPS) is 38.7. The fourth-order valence-corrected chi connectivity index (χ4v) is 2.00. The Morgan fingerprint density at radius 3 is 2.71 bits per heavy atom. The number of aliphatic hydroxyl groups excluding tert-OH is 1. The molecule has 2 aliphatic rings. The topological polar surface area (TPSA) is 74.2 Å². The lowest BCUT2D eigenvalue weighted by Gasteiger charge is -2.24.